The van der Waals surface area contributed by atoms with Crippen LogP contribution < -0.4 is 14.8 Å². The van der Waals surface area contributed by atoms with Crippen molar-refractivity contribution in [2.45, 2.75) is 0 Å². The predicted molar refractivity (Wildman–Crippen MR) is 82.5 cm³/mol. The second-order valence-corrected chi connectivity index (χ2v) is 5.59. The lowest BCUT2D eigenvalue weighted by Gasteiger charge is -2.08. The van der Waals surface area contributed by atoms with Crippen molar-refractivity contribution in [3.63, 3.8) is 0 Å². The molecule has 110 valence electrons. The van der Waals surface area contributed by atoms with Crippen LogP contribution in [0.25, 0.3) is 6.08 Å². The van der Waals surface area contributed by atoms with Crippen molar-refractivity contribution in [3.8, 4) is 11.5 Å². The van der Waals surface area contributed by atoms with Crippen molar-refractivity contribution in [2.75, 3.05) is 14.2 Å². The summed E-state index contributed by atoms with van der Waals surface area (Å²) < 4.78 is 10.5. The van der Waals surface area contributed by atoms with E-state index in [2.05, 4.69) is 5.32 Å². The maximum Gasteiger partial charge on any atom is 0.311 e. The molecule has 0 bridgehead atoms. The van der Waals surface area contributed by atoms with Crippen LogP contribution in [0.5, 0.6) is 11.5 Å². The van der Waals surface area contributed by atoms with Crippen molar-refractivity contribution in [2.24, 2.45) is 0 Å². The number of nitrogens with zero attached hydrogens (tertiary/aromatic N) is 1. The van der Waals surface area contributed by atoms with Gasteiger partial charge in [0.05, 0.1) is 24.0 Å². The lowest BCUT2D eigenvalue weighted by molar-refractivity contribution is -0.385. The minimum Gasteiger partial charge on any atom is -0.496 e. The molecule has 1 aliphatic heterocycles. The number of carbonyl (C=O) groups is 1. The van der Waals surface area contributed by atoms with Gasteiger partial charge in [-0.2, -0.15) is 0 Å². The first-order valence-electron chi connectivity index (χ1n) is 5.61. The first-order valence-corrected chi connectivity index (χ1v) is 6.84. The highest BCUT2D eigenvalue weighted by molar-refractivity contribution is 8.26. The van der Waals surface area contributed by atoms with E-state index >= 15 is 0 Å². The molecule has 1 aliphatic rings. The van der Waals surface area contributed by atoms with E-state index in [0.717, 1.165) is 11.8 Å². The number of ether oxygens (including phenoxy) is 2. The molecule has 1 fully saturated rings. The number of nitro benzene ring substituents is 1. The molecule has 0 spiro atoms. The Morgan fingerprint density at radius 2 is 2.00 bits per heavy atom. The Balaban J connectivity index is 2.55. The highest BCUT2D eigenvalue weighted by Crippen LogP contribution is 2.37. The van der Waals surface area contributed by atoms with Crippen LogP contribution >= 0.6 is 24.0 Å². The molecule has 9 heteroatoms. The second-order valence-electron chi connectivity index (χ2n) is 3.88. The lowest BCUT2D eigenvalue weighted by Crippen LogP contribution is -2.17. The molecule has 0 saturated carbocycles. The quantitative estimate of drug-likeness (QED) is 0.392. The molecule has 1 N–H and O–H groups in total. The predicted octanol–water partition coefficient (Wildman–Crippen LogP) is 2.10. The smallest absolute Gasteiger partial charge is 0.311 e. The maximum absolute atomic E-state index is 11.6. The lowest BCUT2D eigenvalue weighted by atomic mass is 10.1. The maximum atomic E-state index is 11.6. The van der Waals surface area contributed by atoms with E-state index in [4.69, 9.17) is 21.7 Å². The van der Waals surface area contributed by atoms with E-state index < -0.39 is 4.92 Å². The Bertz CT molecular complexity index is 672. The zero-order valence-corrected chi connectivity index (χ0v) is 12.7. The van der Waals surface area contributed by atoms with Crippen LogP contribution in [0.4, 0.5) is 5.69 Å². The fourth-order valence-corrected chi connectivity index (χ4v) is 2.76. The van der Waals surface area contributed by atoms with Gasteiger partial charge in [-0.1, -0.05) is 24.0 Å². The topological polar surface area (TPSA) is 90.7 Å². The number of thioether (sulfide) groups is 1. The number of rotatable bonds is 4. The number of benzene rings is 1. The van der Waals surface area contributed by atoms with Crippen LogP contribution in [0.15, 0.2) is 17.0 Å². The Kier molecular flexibility index (Phi) is 4.43. The fraction of sp³-hybridized carbons (Fsp3) is 0.167. The van der Waals surface area contributed by atoms with E-state index in [1.54, 1.807) is 0 Å². The van der Waals surface area contributed by atoms with Gasteiger partial charge in [0, 0.05) is 17.7 Å². The number of nitro groups is 1. The molecule has 0 aliphatic carbocycles. The first-order chi connectivity index (χ1) is 9.96. The molecule has 1 saturated heterocycles. The molecule has 1 heterocycles. The van der Waals surface area contributed by atoms with Crippen molar-refractivity contribution in [1.29, 1.82) is 0 Å². The minimum atomic E-state index is -0.563. The summed E-state index contributed by atoms with van der Waals surface area (Å²) in [7, 11) is 2.76. The SMILES string of the molecule is COc1cc(OC)c([N+](=O)[O-])cc1/C=C1\SC(=S)NC1=O. The normalized spacial score (nSPS) is 16.0. The van der Waals surface area contributed by atoms with Gasteiger partial charge in [0.25, 0.3) is 5.91 Å². The number of methoxy groups -OCH3 is 2. The fourth-order valence-electron chi connectivity index (χ4n) is 1.72. The van der Waals surface area contributed by atoms with E-state index in [1.807, 2.05) is 0 Å². The molecule has 21 heavy (non-hydrogen) atoms. The van der Waals surface area contributed by atoms with E-state index in [9.17, 15) is 14.9 Å². The highest BCUT2D eigenvalue weighted by Gasteiger charge is 2.24. The van der Waals surface area contributed by atoms with Gasteiger partial charge in [-0.25, -0.2) is 0 Å². The van der Waals surface area contributed by atoms with Crippen LogP contribution in [-0.2, 0) is 4.79 Å². The average molecular weight is 326 g/mol. The van der Waals surface area contributed by atoms with Gasteiger partial charge in [-0.15, -0.1) is 0 Å². The van der Waals surface area contributed by atoms with Gasteiger partial charge in [0.2, 0.25) is 5.75 Å². The molecule has 0 atom stereocenters. The molecule has 0 aromatic heterocycles. The third-order valence-corrected chi connectivity index (χ3v) is 3.82. The summed E-state index contributed by atoms with van der Waals surface area (Å²) in [6.45, 7) is 0. The highest BCUT2D eigenvalue weighted by atomic mass is 32.2. The Morgan fingerprint density at radius 1 is 1.33 bits per heavy atom. The van der Waals surface area contributed by atoms with Crippen LogP contribution in [0, 0.1) is 10.1 Å². The van der Waals surface area contributed by atoms with Gasteiger partial charge in [0.1, 0.15) is 10.1 Å². The molecule has 0 radical (unpaired) electrons. The minimum absolute atomic E-state index is 0.0815. The van der Waals surface area contributed by atoms with Crippen LogP contribution in [0.3, 0.4) is 0 Å². The summed E-state index contributed by atoms with van der Waals surface area (Å²) in [5.74, 6) is 0.0970. The third-order valence-electron chi connectivity index (χ3n) is 2.66. The van der Waals surface area contributed by atoms with Gasteiger partial charge >= 0.3 is 5.69 Å². The van der Waals surface area contributed by atoms with Crippen molar-refractivity contribution in [1.82, 2.24) is 5.32 Å². The van der Waals surface area contributed by atoms with Gasteiger partial charge in [-0.3, -0.25) is 14.9 Å². The molecule has 7 nitrogen and oxygen atoms in total. The Morgan fingerprint density at radius 3 is 2.48 bits per heavy atom. The number of thiocarbonyl (C=S) groups is 1. The summed E-state index contributed by atoms with van der Waals surface area (Å²) >= 11 is 5.98. The number of carbonyl (C=O) groups excluding carboxylic acids is 1. The summed E-state index contributed by atoms with van der Waals surface area (Å²) in [5.41, 5.74) is 0.184. The molecule has 1 amide bonds. The van der Waals surface area contributed by atoms with Crippen molar-refractivity contribution >= 4 is 46.0 Å². The van der Waals surface area contributed by atoms with Crippen molar-refractivity contribution in [3.05, 3.63) is 32.7 Å². The summed E-state index contributed by atoms with van der Waals surface area (Å²) in [5, 5.41) is 13.5. The van der Waals surface area contributed by atoms with Gasteiger partial charge in [0.15, 0.2) is 0 Å². The zero-order chi connectivity index (χ0) is 15.6. The molecular formula is C12H10N2O5S2. The molecular weight excluding hydrogens is 316 g/mol. The molecule has 2 rings (SSSR count). The molecule has 1 aromatic rings. The number of hydrogen-bond acceptors (Lipinski definition) is 7. The summed E-state index contributed by atoms with van der Waals surface area (Å²) in [4.78, 5) is 22.5. The van der Waals surface area contributed by atoms with Crippen LogP contribution in [-0.4, -0.2) is 29.4 Å². The summed E-state index contributed by atoms with van der Waals surface area (Å²) in [6, 6.07) is 2.69. The van der Waals surface area contributed by atoms with Gasteiger partial charge < -0.3 is 14.8 Å². The van der Waals surface area contributed by atoms with E-state index in [1.165, 1.54) is 32.4 Å². The Hall–Kier alpha value is -2.13. The van der Waals surface area contributed by atoms with E-state index in [0.29, 0.717) is 20.5 Å². The molecule has 0 unspecified atom stereocenters. The van der Waals surface area contributed by atoms with Crippen LogP contribution in [0.1, 0.15) is 5.56 Å². The van der Waals surface area contributed by atoms with E-state index in [-0.39, 0.29) is 17.3 Å². The Labute approximate surface area is 129 Å². The molecule has 1 aromatic carbocycles. The standard InChI is InChI=1S/C12H10N2O5S2/c1-18-8-5-9(19-2)7(14(16)17)3-6(8)4-10-11(15)13-12(20)21-10/h3-5H,1-2H3,(H,13,15,20)/b10-4-. The number of amides is 1. The van der Waals surface area contributed by atoms with Gasteiger partial charge in [-0.05, 0) is 6.08 Å². The number of nitrogens with one attached hydrogen (secondary N) is 1. The number of hydrogen-bond donors (Lipinski definition) is 1. The zero-order valence-electron chi connectivity index (χ0n) is 11.0. The second kappa shape index (κ2) is 6.10. The van der Waals surface area contributed by atoms with Crippen molar-refractivity contribution < 1.29 is 19.2 Å². The monoisotopic (exact) mass is 326 g/mol. The largest absolute Gasteiger partial charge is 0.496 e. The average Bonchev–Trinajstić information content (AvgIpc) is 2.76. The third kappa shape index (κ3) is 3.14. The first kappa shape index (κ1) is 15.3. The van der Waals surface area contributed by atoms with Crippen LogP contribution in [0.2, 0.25) is 0 Å². The summed E-state index contributed by atoms with van der Waals surface area (Å²) in [6.07, 6.45) is 1.49.